The molecule has 2 aromatic rings. The number of β-amino-alcohol motifs (C(OH)–C–C–N with tert-alkyl or cyclic N) is 1. The molecule has 0 aromatic carbocycles. The van der Waals surface area contributed by atoms with Crippen molar-refractivity contribution in [2.75, 3.05) is 33.4 Å². The number of nitrogens with zero attached hydrogens (tertiary/aromatic N) is 2. The number of methoxy groups -OCH3 is 1. The molecular formula is C21H29N3O5. The predicted octanol–water partition coefficient (Wildman–Crippen LogP) is 1.54. The zero-order valence-corrected chi connectivity index (χ0v) is 17.1. The summed E-state index contributed by atoms with van der Waals surface area (Å²) in [5, 5.41) is 21.3. The topological polar surface area (TPSA) is 108 Å². The molecule has 29 heavy (non-hydrogen) atoms. The molecule has 2 aromatic heterocycles. The van der Waals surface area contributed by atoms with E-state index in [1.165, 1.54) is 7.11 Å². The van der Waals surface area contributed by atoms with Crippen molar-refractivity contribution in [3.8, 4) is 5.75 Å². The molecule has 1 saturated heterocycles. The largest absolute Gasteiger partial charge is 0.488 e. The molecule has 1 fully saturated rings. The number of H-pyrrole nitrogens is 1. The summed E-state index contributed by atoms with van der Waals surface area (Å²) in [5.74, 6) is -0.0906. The van der Waals surface area contributed by atoms with Crippen LogP contribution in [0.2, 0.25) is 0 Å². The number of esters is 1. The fourth-order valence-electron chi connectivity index (χ4n) is 3.65. The summed E-state index contributed by atoms with van der Waals surface area (Å²) in [7, 11) is 1.31. The predicted molar refractivity (Wildman–Crippen MR) is 107 cm³/mol. The Labute approximate surface area is 170 Å². The zero-order valence-electron chi connectivity index (χ0n) is 17.1. The summed E-state index contributed by atoms with van der Waals surface area (Å²) >= 11 is 0. The van der Waals surface area contributed by atoms with Crippen LogP contribution in [-0.4, -0.2) is 70.5 Å². The van der Waals surface area contributed by atoms with E-state index in [1.54, 1.807) is 6.20 Å². The smallest absolute Gasteiger partial charge is 0.358 e. The Hall–Kier alpha value is -2.42. The molecule has 0 saturated carbocycles. The van der Waals surface area contributed by atoms with E-state index in [0.717, 1.165) is 11.3 Å². The van der Waals surface area contributed by atoms with Gasteiger partial charge in [-0.05, 0) is 38.8 Å². The van der Waals surface area contributed by atoms with Gasteiger partial charge in [0, 0.05) is 37.1 Å². The number of likely N-dealkylation sites (tertiary alicyclic amines) is 1. The lowest BCUT2D eigenvalue weighted by molar-refractivity contribution is -0.0401. The molecule has 0 aliphatic carbocycles. The van der Waals surface area contributed by atoms with Gasteiger partial charge in [0.15, 0.2) is 11.4 Å². The van der Waals surface area contributed by atoms with Gasteiger partial charge in [0.05, 0.1) is 12.8 Å². The van der Waals surface area contributed by atoms with E-state index in [-0.39, 0.29) is 12.3 Å². The van der Waals surface area contributed by atoms with Crippen molar-refractivity contribution in [2.24, 2.45) is 0 Å². The molecule has 0 amide bonds. The minimum absolute atomic E-state index is 0.0587. The lowest BCUT2D eigenvalue weighted by Crippen LogP contribution is -2.46. The maximum Gasteiger partial charge on any atom is 0.358 e. The van der Waals surface area contributed by atoms with Crippen molar-refractivity contribution in [1.82, 2.24) is 14.9 Å². The number of aliphatic hydroxyl groups is 2. The first-order chi connectivity index (χ1) is 13.8. The molecule has 158 valence electrons. The number of rotatable bonds is 7. The van der Waals surface area contributed by atoms with Crippen molar-refractivity contribution in [3.05, 3.63) is 47.0 Å². The second-order valence-corrected chi connectivity index (χ2v) is 7.58. The van der Waals surface area contributed by atoms with E-state index in [2.05, 4.69) is 14.9 Å². The maximum atomic E-state index is 11.9. The average Bonchev–Trinajstić information content (AvgIpc) is 3.02. The summed E-state index contributed by atoms with van der Waals surface area (Å²) in [6.45, 7) is 5.49. The van der Waals surface area contributed by atoms with Crippen LogP contribution in [0.4, 0.5) is 0 Å². The highest BCUT2D eigenvalue weighted by Gasteiger charge is 2.35. The first kappa shape index (κ1) is 21.3. The summed E-state index contributed by atoms with van der Waals surface area (Å²) < 4.78 is 10.5. The summed E-state index contributed by atoms with van der Waals surface area (Å²) in [6.07, 6.45) is 2.07. The number of ether oxygens (including phenoxy) is 2. The molecule has 1 aliphatic rings. The minimum atomic E-state index is -0.922. The van der Waals surface area contributed by atoms with Crippen LogP contribution >= 0.6 is 0 Å². The van der Waals surface area contributed by atoms with Gasteiger partial charge in [-0.3, -0.25) is 4.98 Å². The van der Waals surface area contributed by atoms with Gasteiger partial charge in [0.1, 0.15) is 18.3 Å². The van der Waals surface area contributed by atoms with Crippen LogP contribution < -0.4 is 4.74 Å². The van der Waals surface area contributed by atoms with Crippen LogP contribution in [-0.2, 0) is 10.3 Å². The Bertz CT molecular complexity index is 828. The fraction of sp³-hybridized carbons (Fsp3) is 0.524. The van der Waals surface area contributed by atoms with E-state index in [9.17, 15) is 15.0 Å². The first-order valence-electron chi connectivity index (χ1n) is 9.78. The lowest BCUT2D eigenvalue weighted by Gasteiger charge is -2.38. The maximum absolute atomic E-state index is 11.9. The molecule has 3 heterocycles. The van der Waals surface area contributed by atoms with Crippen molar-refractivity contribution in [3.63, 3.8) is 0 Å². The average molecular weight is 403 g/mol. The Kier molecular flexibility index (Phi) is 6.56. The highest BCUT2D eigenvalue weighted by Crippen LogP contribution is 2.31. The SMILES string of the molecule is COC(=O)c1[nH]c(C)c(C)c1OCC(O)CN1CCC(O)(c2ccccn2)CC1. The Morgan fingerprint density at radius 3 is 2.69 bits per heavy atom. The minimum Gasteiger partial charge on any atom is -0.488 e. The molecule has 3 N–H and O–H groups in total. The zero-order chi connectivity index (χ0) is 21.0. The molecular weight excluding hydrogens is 374 g/mol. The Balaban J connectivity index is 1.53. The quantitative estimate of drug-likeness (QED) is 0.602. The van der Waals surface area contributed by atoms with E-state index in [4.69, 9.17) is 9.47 Å². The van der Waals surface area contributed by atoms with Crippen LogP contribution in [0, 0.1) is 13.8 Å². The highest BCUT2D eigenvalue weighted by molar-refractivity contribution is 5.91. The van der Waals surface area contributed by atoms with Gasteiger partial charge in [-0.15, -0.1) is 0 Å². The third kappa shape index (κ3) is 4.77. The van der Waals surface area contributed by atoms with Crippen LogP contribution in [0.15, 0.2) is 24.4 Å². The number of carbonyl (C=O) groups excluding carboxylic acids is 1. The highest BCUT2D eigenvalue weighted by atomic mass is 16.5. The number of carbonyl (C=O) groups is 1. The van der Waals surface area contributed by atoms with Crippen molar-refractivity contribution < 1.29 is 24.5 Å². The molecule has 8 heteroatoms. The molecule has 0 spiro atoms. The van der Waals surface area contributed by atoms with Crippen molar-refractivity contribution in [1.29, 1.82) is 0 Å². The molecule has 0 radical (unpaired) electrons. The third-order valence-corrected chi connectivity index (χ3v) is 5.55. The molecule has 8 nitrogen and oxygen atoms in total. The second kappa shape index (κ2) is 8.94. The fourth-order valence-corrected chi connectivity index (χ4v) is 3.65. The number of aliphatic hydroxyl groups excluding tert-OH is 1. The molecule has 1 unspecified atom stereocenters. The van der Waals surface area contributed by atoms with Crippen LogP contribution in [0.25, 0.3) is 0 Å². The number of piperidine rings is 1. The van der Waals surface area contributed by atoms with Gasteiger partial charge in [-0.2, -0.15) is 0 Å². The first-order valence-corrected chi connectivity index (χ1v) is 9.78. The number of aromatic nitrogens is 2. The molecule has 3 rings (SSSR count). The Morgan fingerprint density at radius 1 is 1.34 bits per heavy atom. The lowest BCUT2D eigenvalue weighted by atomic mass is 9.87. The number of hydrogen-bond acceptors (Lipinski definition) is 7. The van der Waals surface area contributed by atoms with Gasteiger partial charge >= 0.3 is 5.97 Å². The number of hydrogen-bond donors (Lipinski definition) is 3. The summed E-state index contributed by atoms with van der Waals surface area (Å²) in [5.41, 5.74) is 1.66. The Morgan fingerprint density at radius 2 is 2.07 bits per heavy atom. The number of nitrogens with one attached hydrogen (secondary N) is 1. The summed E-state index contributed by atoms with van der Waals surface area (Å²) in [6, 6.07) is 5.55. The van der Waals surface area contributed by atoms with Crippen LogP contribution in [0.3, 0.4) is 0 Å². The third-order valence-electron chi connectivity index (χ3n) is 5.55. The standard InChI is InChI=1S/C21H29N3O5/c1-14-15(2)23-18(20(26)28-3)19(14)29-13-16(25)12-24-10-7-21(27,8-11-24)17-6-4-5-9-22-17/h4-6,9,16,23,25,27H,7-8,10-13H2,1-3H3. The van der Waals surface area contributed by atoms with Gasteiger partial charge in [0.2, 0.25) is 0 Å². The normalized spacial score (nSPS) is 17.7. The van der Waals surface area contributed by atoms with Gasteiger partial charge in [-0.25, -0.2) is 4.79 Å². The van der Waals surface area contributed by atoms with Gasteiger partial charge < -0.3 is 29.6 Å². The van der Waals surface area contributed by atoms with Gasteiger partial charge in [0.25, 0.3) is 0 Å². The van der Waals surface area contributed by atoms with E-state index < -0.39 is 17.7 Å². The van der Waals surface area contributed by atoms with Crippen molar-refractivity contribution >= 4 is 5.97 Å². The number of pyridine rings is 1. The monoisotopic (exact) mass is 403 g/mol. The van der Waals surface area contributed by atoms with E-state index in [0.29, 0.717) is 43.9 Å². The van der Waals surface area contributed by atoms with Gasteiger partial charge in [-0.1, -0.05) is 6.07 Å². The number of aryl methyl sites for hydroxylation is 1. The van der Waals surface area contributed by atoms with E-state index in [1.807, 2.05) is 32.0 Å². The number of aromatic amines is 1. The van der Waals surface area contributed by atoms with Crippen LogP contribution in [0.1, 0.15) is 40.3 Å². The molecule has 1 atom stereocenters. The molecule has 0 bridgehead atoms. The summed E-state index contributed by atoms with van der Waals surface area (Å²) in [4.78, 5) is 21.3. The van der Waals surface area contributed by atoms with E-state index >= 15 is 0 Å². The second-order valence-electron chi connectivity index (χ2n) is 7.58. The van der Waals surface area contributed by atoms with Crippen LogP contribution in [0.5, 0.6) is 5.75 Å². The molecule has 1 aliphatic heterocycles. The van der Waals surface area contributed by atoms with Crippen molar-refractivity contribution in [2.45, 2.75) is 38.4 Å².